The van der Waals surface area contributed by atoms with Gasteiger partial charge in [-0.3, -0.25) is 14.9 Å². The van der Waals surface area contributed by atoms with Gasteiger partial charge < -0.3 is 25.9 Å². The number of aromatic nitrogens is 2. The number of fused-ring (bicyclic) bond motifs is 1. The zero-order valence-electron chi connectivity index (χ0n) is 19.5. The summed E-state index contributed by atoms with van der Waals surface area (Å²) in [6.07, 6.45) is 1.69. The van der Waals surface area contributed by atoms with E-state index in [9.17, 15) is 14.4 Å². The first-order valence-electron chi connectivity index (χ1n) is 10.7. The summed E-state index contributed by atoms with van der Waals surface area (Å²) in [4.78, 5) is 39.8. The van der Waals surface area contributed by atoms with E-state index >= 15 is 0 Å². The van der Waals surface area contributed by atoms with Crippen LogP contribution in [0, 0.1) is 13.8 Å². The highest BCUT2D eigenvalue weighted by Crippen LogP contribution is 2.36. The number of benzene rings is 1. The normalized spacial score (nSPS) is 14.1. The zero-order valence-corrected chi connectivity index (χ0v) is 19.5. The van der Waals surface area contributed by atoms with Crippen LogP contribution in [0.1, 0.15) is 59.4 Å². The van der Waals surface area contributed by atoms with Crippen molar-refractivity contribution >= 4 is 46.7 Å². The summed E-state index contributed by atoms with van der Waals surface area (Å²) in [6.45, 7) is 9.47. The van der Waals surface area contributed by atoms with Crippen molar-refractivity contribution in [1.29, 1.82) is 0 Å². The average molecular weight is 463 g/mol. The third-order valence-electron chi connectivity index (χ3n) is 5.56. The molecule has 3 aromatic rings. The molecule has 0 saturated heterocycles. The van der Waals surface area contributed by atoms with E-state index in [0.717, 1.165) is 0 Å². The lowest BCUT2D eigenvalue weighted by atomic mass is 9.93. The number of aromatic amines is 1. The molecule has 0 fully saturated rings. The molecule has 10 heteroatoms. The van der Waals surface area contributed by atoms with E-state index in [0.29, 0.717) is 56.6 Å². The van der Waals surface area contributed by atoms with Crippen molar-refractivity contribution in [3.63, 3.8) is 0 Å². The van der Waals surface area contributed by atoms with Crippen LogP contribution in [-0.4, -0.2) is 28.0 Å². The van der Waals surface area contributed by atoms with E-state index < -0.39 is 11.9 Å². The lowest BCUT2D eigenvalue weighted by Crippen LogP contribution is -2.19. The van der Waals surface area contributed by atoms with E-state index in [1.54, 1.807) is 44.2 Å². The molecule has 10 nitrogen and oxygen atoms in total. The standard InChI is InChI=1S/C24H26N6O4/c1-11-16(26-12(2)20(11)21(25)31)9-15-14-7-6-13(8-17(14)28-22(15)32)27-23(33)29-19-10-18(34-30-19)24(3,4)5/h6-10,26H,1-5H3,(H2,25,31)(H,28,32)(H2,27,29,30,33)/b15-9-. The summed E-state index contributed by atoms with van der Waals surface area (Å²) < 4.78 is 5.27. The predicted molar refractivity (Wildman–Crippen MR) is 130 cm³/mol. The van der Waals surface area contributed by atoms with Crippen LogP contribution in [0.4, 0.5) is 22.0 Å². The lowest BCUT2D eigenvalue weighted by molar-refractivity contribution is -0.110. The van der Waals surface area contributed by atoms with Crippen LogP contribution in [0.3, 0.4) is 0 Å². The Kier molecular flexibility index (Phi) is 5.52. The summed E-state index contributed by atoms with van der Waals surface area (Å²) in [6, 6.07) is 6.28. The number of hydrogen-bond donors (Lipinski definition) is 5. The fourth-order valence-corrected chi connectivity index (χ4v) is 3.81. The molecule has 34 heavy (non-hydrogen) atoms. The summed E-state index contributed by atoms with van der Waals surface area (Å²) >= 11 is 0. The Labute approximate surface area is 196 Å². The maximum Gasteiger partial charge on any atom is 0.324 e. The first kappa shape index (κ1) is 22.8. The molecule has 0 aliphatic carbocycles. The first-order valence-corrected chi connectivity index (χ1v) is 10.7. The number of H-pyrrole nitrogens is 1. The number of nitrogens with zero attached hydrogens (tertiary/aromatic N) is 1. The predicted octanol–water partition coefficient (Wildman–Crippen LogP) is 4.15. The molecule has 6 N–H and O–H groups in total. The molecular formula is C24H26N6O4. The minimum atomic E-state index is -0.526. The maximum absolute atomic E-state index is 12.6. The second-order valence-electron chi connectivity index (χ2n) is 9.21. The Morgan fingerprint density at radius 2 is 1.88 bits per heavy atom. The third kappa shape index (κ3) is 4.29. The monoisotopic (exact) mass is 462 g/mol. The van der Waals surface area contributed by atoms with Crippen molar-refractivity contribution in [2.45, 2.75) is 40.0 Å². The van der Waals surface area contributed by atoms with Crippen LogP contribution < -0.4 is 21.7 Å². The minimum absolute atomic E-state index is 0.231. The second kappa shape index (κ2) is 8.22. The molecule has 0 saturated carbocycles. The smallest absolute Gasteiger partial charge is 0.324 e. The fraction of sp³-hybridized carbons (Fsp3) is 0.250. The number of rotatable bonds is 4. The van der Waals surface area contributed by atoms with Crippen LogP contribution in [0.15, 0.2) is 28.8 Å². The van der Waals surface area contributed by atoms with Gasteiger partial charge in [-0.1, -0.05) is 32.0 Å². The summed E-state index contributed by atoms with van der Waals surface area (Å²) in [7, 11) is 0. The summed E-state index contributed by atoms with van der Waals surface area (Å²) in [5.41, 5.74) is 9.75. The van der Waals surface area contributed by atoms with Crippen molar-refractivity contribution in [2.75, 3.05) is 16.0 Å². The molecule has 0 radical (unpaired) electrons. The maximum atomic E-state index is 12.6. The van der Waals surface area contributed by atoms with E-state index in [1.165, 1.54) is 0 Å². The molecule has 1 aromatic carbocycles. The molecule has 0 unspecified atom stereocenters. The lowest BCUT2D eigenvalue weighted by Gasteiger charge is -2.12. The van der Waals surface area contributed by atoms with Gasteiger partial charge in [-0.2, -0.15) is 0 Å². The highest BCUT2D eigenvalue weighted by molar-refractivity contribution is 6.35. The van der Waals surface area contributed by atoms with E-state index in [2.05, 4.69) is 26.1 Å². The minimum Gasteiger partial charge on any atom is -0.366 e. The molecular weight excluding hydrogens is 436 g/mol. The molecule has 4 rings (SSSR count). The van der Waals surface area contributed by atoms with Gasteiger partial charge in [0.1, 0.15) is 5.76 Å². The van der Waals surface area contributed by atoms with Gasteiger partial charge in [0.15, 0.2) is 5.82 Å². The quantitative estimate of drug-likeness (QED) is 0.368. The number of carbonyl (C=O) groups excluding carboxylic acids is 3. The highest BCUT2D eigenvalue weighted by atomic mass is 16.5. The van der Waals surface area contributed by atoms with Crippen LogP contribution in [0.25, 0.3) is 11.6 Å². The van der Waals surface area contributed by atoms with Gasteiger partial charge in [-0.05, 0) is 37.6 Å². The largest absolute Gasteiger partial charge is 0.366 e. The molecule has 0 bridgehead atoms. The van der Waals surface area contributed by atoms with Gasteiger partial charge in [0.25, 0.3) is 11.8 Å². The van der Waals surface area contributed by atoms with E-state index in [4.69, 9.17) is 10.3 Å². The molecule has 0 spiro atoms. The van der Waals surface area contributed by atoms with Gasteiger partial charge in [0, 0.05) is 34.1 Å². The summed E-state index contributed by atoms with van der Waals surface area (Å²) in [5, 5.41) is 12.0. The van der Waals surface area contributed by atoms with Crippen LogP contribution in [-0.2, 0) is 10.2 Å². The fourth-order valence-electron chi connectivity index (χ4n) is 3.81. The SMILES string of the molecule is Cc1[nH]c(/C=C2\C(=O)Nc3cc(NC(=O)Nc4cc(C(C)(C)C)on4)ccc32)c(C)c1C(N)=O. The van der Waals surface area contributed by atoms with Crippen molar-refractivity contribution in [2.24, 2.45) is 5.73 Å². The Morgan fingerprint density at radius 3 is 2.50 bits per heavy atom. The van der Waals surface area contributed by atoms with E-state index in [-0.39, 0.29) is 11.3 Å². The van der Waals surface area contributed by atoms with E-state index in [1.807, 2.05) is 20.8 Å². The Bertz CT molecular complexity index is 1360. The number of urea groups is 1. The topological polar surface area (TPSA) is 155 Å². The molecule has 2 aromatic heterocycles. The number of nitrogens with two attached hydrogens (primary N) is 1. The van der Waals surface area contributed by atoms with Crippen molar-refractivity contribution in [3.05, 3.63) is 58.1 Å². The van der Waals surface area contributed by atoms with Gasteiger partial charge in [-0.25, -0.2) is 4.79 Å². The molecule has 3 heterocycles. The Morgan fingerprint density at radius 1 is 1.15 bits per heavy atom. The number of nitrogens with one attached hydrogen (secondary N) is 4. The van der Waals surface area contributed by atoms with Gasteiger partial charge in [0.2, 0.25) is 0 Å². The van der Waals surface area contributed by atoms with Crippen LogP contribution in [0.2, 0.25) is 0 Å². The molecule has 176 valence electrons. The van der Waals surface area contributed by atoms with Gasteiger partial charge in [-0.15, -0.1) is 0 Å². The zero-order chi connectivity index (χ0) is 24.8. The van der Waals surface area contributed by atoms with Gasteiger partial charge in [0.05, 0.1) is 16.8 Å². The number of anilines is 3. The number of primary amides is 1. The van der Waals surface area contributed by atoms with Crippen molar-refractivity contribution < 1.29 is 18.9 Å². The number of carbonyl (C=O) groups is 3. The highest BCUT2D eigenvalue weighted by Gasteiger charge is 2.26. The van der Waals surface area contributed by atoms with Crippen molar-refractivity contribution in [1.82, 2.24) is 10.1 Å². The Balaban J connectivity index is 1.53. The number of aryl methyl sites for hydroxylation is 1. The first-order chi connectivity index (χ1) is 15.9. The average Bonchev–Trinajstić information content (AvgIpc) is 3.38. The molecule has 0 atom stereocenters. The second-order valence-corrected chi connectivity index (χ2v) is 9.21. The molecule has 1 aliphatic heterocycles. The third-order valence-corrected chi connectivity index (χ3v) is 5.56. The molecule has 4 amide bonds. The van der Waals surface area contributed by atoms with Crippen LogP contribution >= 0.6 is 0 Å². The number of hydrogen-bond acceptors (Lipinski definition) is 5. The summed E-state index contributed by atoms with van der Waals surface area (Å²) in [5.74, 6) is 0.134. The van der Waals surface area contributed by atoms with Crippen molar-refractivity contribution in [3.8, 4) is 0 Å². The number of amides is 4. The van der Waals surface area contributed by atoms with Crippen LogP contribution in [0.5, 0.6) is 0 Å². The van der Waals surface area contributed by atoms with Gasteiger partial charge >= 0.3 is 6.03 Å². The molecule has 1 aliphatic rings. The Hall–Kier alpha value is -4.34.